The SMILES string of the molecule is CC1=NC(C)=C(C(=O)OCCCCN2CCN(c3ncccc3C#N)CC2)C(c2cccc([N+](=O)[O-])c2)C1C(=O)OCCCCN1CCN(c2ncccc2C#N)CC1. The number of nitrogens with zero attached hydrogens (tertiary/aromatic N) is 10. The minimum Gasteiger partial charge on any atom is -0.465 e. The molecule has 0 N–H and O–H groups in total. The molecule has 0 amide bonds. The van der Waals surface area contributed by atoms with Gasteiger partial charge in [0.15, 0.2) is 0 Å². The summed E-state index contributed by atoms with van der Waals surface area (Å²) in [6.45, 7) is 11.7. The molecule has 2 unspecified atom stereocenters. The normalized spacial score (nSPS) is 18.7. The number of allylic oxidation sites excluding steroid dienone is 1. The maximum atomic E-state index is 13.9. The Bertz CT molecular complexity index is 2130. The van der Waals surface area contributed by atoms with Crippen LogP contribution in [0.4, 0.5) is 17.3 Å². The van der Waals surface area contributed by atoms with Crippen LogP contribution in [-0.4, -0.2) is 121 Å². The molecule has 0 bridgehead atoms. The standard InChI is InChI=1S/C43H50N10O6/c1-31-37(42(54)58-26-5-3-16-49-18-22-51(23-19-49)40-34(29-44)11-8-14-46-40)39(33-10-7-13-36(28-33)53(56)57)38(32(2)48-31)43(55)59-27-6-4-17-50-20-24-52(25-21-50)41-35(30-45)12-9-15-47-41/h7-15,28,37,39H,3-6,16-27H2,1-2H3. The summed E-state index contributed by atoms with van der Waals surface area (Å²) in [6, 6.07) is 17.5. The first-order valence-electron chi connectivity index (χ1n) is 20.2. The Morgan fingerprint density at radius 2 is 1.32 bits per heavy atom. The topological polar surface area (TPSA) is 194 Å². The van der Waals surface area contributed by atoms with Gasteiger partial charge in [0.25, 0.3) is 5.69 Å². The predicted octanol–water partition coefficient (Wildman–Crippen LogP) is 4.87. The highest BCUT2D eigenvalue weighted by atomic mass is 16.6. The molecule has 308 valence electrons. The summed E-state index contributed by atoms with van der Waals surface area (Å²) in [6.07, 6.45) is 6.24. The van der Waals surface area contributed by atoms with E-state index in [0.717, 1.165) is 78.3 Å². The van der Waals surface area contributed by atoms with Gasteiger partial charge in [0.05, 0.1) is 34.8 Å². The number of aromatic nitrogens is 2. The van der Waals surface area contributed by atoms with Crippen LogP contribution in [0, 0.1) is 38.7 Å². The molecule has 3 aliphatic rings. The van der Waals surface area contributed by atoms with Crippen LogP contribution in [0.2, 0.25) is 0 Å². The summed E-state index contributed by atoms with van der Waals surface area (Å²) in [4.78, 5) is 61.4. The number of nitro groups is 1. The molecule has 59 heavy (non-hydrogen) atoms. The molecule has 0 saturated carbocycles. The van der Waals surface area contributed by atoms with E-state index in [9.17, 15) is 30.2 Å². The highest BCUT2D eigenvalue weighted by Gasteiger charge is 2.43. The number of hydrogen-bond donors (Lipinski definition) is 0. The molecule has 1 aromatic carbocycles. The van der Waals surface area contributed by atoms with Gasteiger partial charge in [-0.1, -0.05) is 12.1 Å². The lowest BCUT2D eigenvalue weighted by molar-refractivity contribution is -0.384. The van der Waals surface area contributed by atoms with Crippen LogP contribution in [0.15, 0.2) is 77.2 Å². The van der Waals surface area contributed by atoms with Crippen molar-refractivity contribution in [2.24, 2.45) is 10.9 Å². The molecular weight excluding hydrogens is 753 g/mol. The van der Waals surface area contributed by atoms with Crippen LogP contribution in [0.3, 0.4) is 0 Å². The van der Waals surface area contributed by atoms with Crippen molar-refractivity contribution < 1.29 is 24.0 Å². The number of anilines is 2. The summed E-state index contributed by atoms with van der Waals surface area (Å²) >= 11 is 0. The molecule has 0 spiro atoms. The van der Waals surface area contributed by atoms with Gasteiger partial charge in [-0.25, -0.2) is 14.8 Å². The Balaban J connectivity index is 1.00. The van der Waals surface area contributed by atoms with Gasteiger partial charge in [-0.05, 0) is 82.4 Å². The van der Waals surface area contributed by atoms with Crippen LogP contribution in [0.5, 0.6) is 0 Å². The fourth-order valence-corrected chi connectivity index (χ4v) is 8.02. The van der Waals surface area contributed by atoms with Gasteiger partial charge >= 0.3 is 11.9 Å². The monoisotopic (exact) mass is 802 g/mol. The lowest BCUT2D eigenvalue weighted by Gasteiger charge is -2.35. The lowest BCUT2D eigenvalue weighted by Crippen LogP contribution is -2.47. The molecule has 2 aromatic heterocycles. The Morgan fingerprint density at radius 1 is 0.780 bits per heavy atom. The molecule has 0 aliphatic carbocycles. The molecule has 2 atom stereocenters. The van der Waals surface area contributed by atoms with Crippen molar-refractivity contribution in [2.45, 2.75) is 45.4 Å². The Morgan fingerprint density at radius 3 is 1.85 bits per heavy atom. The third-order valence-corrected chi connectivity index (χ3v) is 11.1. The molecule has 2 saturated heterocycles. The summed E-state index contributed by atoms with van der Waals surface area (Å²) in [5.41, 5.74) is 2.44. The zero-order valence-electron chi connectivity index (χ0n) is 33.7. The van der Waals surface area contributed by atoms with E-state index in [1.807, 2.05) is 0 Å². The third-order valence-electron chi connectivity index (χ3n) is 11.1. The van der Waals surface area contributed by atoms with Gasteiger partial charge in [0, 0.05) is 94.2 Å². The number of piperazine rings is 2. The van der Waals surface area contributed by atoms with Crippen LogP contribution in [0.1, 0.15) is 62.1 Å². The van der Waals surface area contributed by atoms with Gasteiger partial charge in [0.2, 0.25) is 0 Å². The lowest BCUT2D eigenvalue weighted by atomic mass is 9.75. The zero-order valence-corrected chi connectivity index (χ0v) is 33.7. The first kappa shape index (κ1) is 42.4. The number of non-ortho nitro benzene ring substituents is 1. The molecule has 5 heterocycles. The number of carbonyl (C=O) groups is 2. The van der Waals surface area contributed by atoms with E-state index in [2.05, 4.69) is 46.7 Å². The number of pyridine rings is 2. The van der Waals surface area contributed by atoms with E-state index >= 15 is 0 Å². The number of carbonyl (C=O) groups excluding carboxylic acids is 2. The van der Waals surface area contributed by atoms with Gasteiger partial charge in [0.1, 0.15) is 29.7 Å². The number of hydrogen-bond acceptors (Lipinski definition) is 15. The summed E-state index contributed by atoms with van der Waals surface area (Å²) < 4.78 is 11.6. The van der Waals surface area contributed by atoms with Gasteiger partial charge in [-0.2, -0.15) is 10.5 Å². The van der Waals surface area contributed by atoms with E-state index in [-0.39, 0.29) is 24.5 Å². The Hall–Kier alpha value is -6.23. The number of benzene rings is 1. The molecule has 2 fully saturated rings. The first-order valence-corrected chi connectivity index (χ1v) is 20.2. The van der Waals surface area contributed by atoms with Crippen molar-refractivity contribution in [1.82, 2.24) is 19.8 Å². The number of nitro benzene ring substituents is 1. The number of rotatable bonds is 16. The summed E-state index contributed by atoms with van der Waals surface area (Å²) in [5.74, 6) is -1.60. The van der Waals surface area contributed by atoms with Crippen molar-refractivity contribution in [3.63, 3.8) is 0 Å². The van der Waals surface area contributed by atoms with E-state index in [4.69, 9.17) is 9.47 Å². The highest BCUT2D eigenvalue weighted by molar-refractivity contribution is 6.07. The van der Waals surface area contributed by atoms with Crippen LogP contribution in [0.25, 0.3) is 0 Å². The number of nitriles is 2. The molecule has 6 rings (SSSR count). The number of esters is 2. The van der Waals surface area contributed by atoms with Crippen LogP contribution in [-0.2, 0) is 19.1 Å². The Labute approximate surface area is 344 Å². The second kappa shape index (κ2) is 20.5. The van der Waals surface area contributed by atoms with Crippen molar-refractivity contribution in [2.75, 3.05) is 88.5 Å². The number of ether oxygens (including phenoxy) is 2. The van der Waals surface area contributed by atoms with Gasteiger partial charge in [-0.15, -0.1) is 0 Å². The quantitative estimate of drug-likeness (QED) is 0.0824. The van der Waals surface area contributed by atoms with Crippen LogP contribution >= 0.6 is 0 Å². The summed E-state index contributed by atoms with van der Waals surface area (Å²) in [7, 11) is 0. The van der Waals surface area contributed by atoms with Gasteiger partial charge < -0.3 is 19.3 Å². The zero-order chi connectivity index (χ0) is 41.7. The summed E-state index contributed by atoms with van der Waals surface area (Å²) in [5, 5.41) is 30.7. The molecule has 16 heteroatoms. The van der Waals surface area contributed by atoms with E-state index < -0.39 is 28.7 Å². The second-order valence-corrected chi connectivity index (χ2v) is 14.9. The average Bonchev–Trinajstić information content (AvgIpc) is 3.26. The van der Waals surface area contributed by atoms with Crippen molar-refractivity contribution >= 4 is 35.0 Å². The molecule has 3 aliphatic heterocycles. The van der Waals surface area contributed by atoms with Gasteiger partial charge in [-0.3, -0.25) is 29.7 Å². The fourth-order valence-electron chi connectivity index (χ4n) is 8.02. The molecule has 3 aromatic rings. The van der Waals surface area contributed by atoms with Crippen molar-refractivity contribution in [3.05, 3.63) is 99.0 Å². The average molecular weight is 803 g/mol. The largest absolute Gasteiger partial charge is 0.465 e. The van der Waals surface area contributed by atoms with Crippen molar-refractivity contribution in [3.8, 4) is 12.1 Å². The van der Waals surface area contributed by atoms with Crippen molar-refractivity contribution in [1.29, 1.82) is 10.5 Å². The first-order chi connectivity index (χ1) is 28.7. The molecule has 16 nitrogen and oxygen atoms in total. The second-order valence-electron chi connectivity index (χ2n) is 14.9. The molecular formula is C43H50N10O6. The minimum atomic E-state index is -0.977. The minimum absolute atomic E-state index is 0.155. The maximum absolute atomic E-state index is 13.9. The van der Waals surface area contributed by atoms with E-state index in [0.29, 0.717) is 52.6 Å². The Kier molecular flexibility index (Phi) is 14.7. The number of aliphatic imine (C=N–C) groups is 1. The fraction of sp³-hybridized carbons (Fsp3) is 0.465. The van der Waals surface area contributed by atoms with E-state index in [1.54, 1.807) is 62.6 Å². The highest BCUT2D eigenvalue weighted by Crippen LogP contribution is 2.41. The predicted molar refractivity (Wildman–Crippen MR) is 221 cm³/mol. The maximum Gasteiger partial charge on any atom is 0.336 e. The number of unbranched alkanes of at least 4 members (excludes halogenated alkanes) is 2. The van der Waals surface area contributed by atoms with Crippen LogP contribution < -0.4 is 9.80 Å². The van der Waals surface area contributed by atoms with E-state index in [1.165, 1.54) is 12.1 Å². The third kappa shape index (κ3) is 10.6. The molecule has 0 radical (unpaired) electrons. The smallest absolute Gasteiger partial charge is 0.336 e.